The van der Waals surface area contributed by atoms with Crippen molar-refractivity contribution < 1.29 is 0 Å². The molecule has 24 heavy (non-hydrogen) atoms. The van der Waals surface area contributed by atoms with E-state index in [-0.39, 0.29) is 0 Å². The van der Waals surface area contributed by atoms with E-state index < -0.39 is 0 Å². The van der Waals surface area contributed by atoms with Crippen LogP contribution in [0.15, 0.2) is 54.1 Å². The van der Waals surface area contributed by atoms with Crippen molar-refractivity contribution in [3.05, 3.63) is 70.8 Å². The van der Waals surface area contributed by atoms with Crippen molar-refractivity contribution in [2.24, 2.45) is 0 Å². The molecule has 122 valence electrons. The number of aryl methyl sites for hydroxylation is 2. The van der Waals surface area contributed by atoms with E-state index >= 15 is 0 Å². The maximum atomic E-state index is 3.63. The molecule has 0 radical (unpaired) electrons. The first-order valence-electron chi connectivity index (χ1n) is 9.13. The fraction of sp³-hybridized carbons (Fsp3) is 0.304. The highest BCUT2D eigenvalue weighted by atomic mass is 14.9. The van der Waals surface area contributed by atoms with Crippen LogP contribution < -0.4 is 5.32 Å². The molecular formula is C23H25N. The highest BCUT2D eigenvalue weighted by Crippen LogP contribution is 2.40. The third kappa shape index (κ3) is 2.58. The lowest BCUT2D eigenvalue weighted by Gasteiger charge is -2.27. The highest BCUT2D eigenvalue weighted by molar-refractivity contribution is 5.91. The van der Waals surface area contributed by atoms with Crippen LogP contribution in [0.25, 0.3) is 16.7 Å². The molecule has 0 saturated heterocycles. The molecule has 1 N–H and O–H groups in total. The summed E-state index contributed by atoms with van der Waals surface area (Å²) in [6.07, 6.45) is 9.33. The maximum absolute atomic E-state index is 3.63. The zero-order valence-corrected chi connectivity index (χ0v) is 14.7. The van der Waals surface area contributed by atoms with E-state index in [1.165, 1.54) is 58.3 Å². The first-order chi connectivity index (χ1) is 11.8. The Kier molecular flexibility index (Phi) is 4.02. The number of benzene rings is 2. The molecule has 0 fully saturated rings. The van der Waals surface area contributed by atoms with E-state index in [0.29, 0.717) is 0 Å². The lowest BCUT2D eigenvalue weighted by atomic mass is 9.85. The zero-order chi connectivity index (χ0) is 16.5. The van der Waals surface area contributed by atoms with Crippen molar-refractivity contribution in [1.82, 2.24) is 0 Å². The normalized spacial score (nSPS) is 15.8. The van der Waals surface area contributed by atoms with Crippen molar-refractivity contribution in [3.63, 3.8) is 0 Å². The number of rotatable bonds is 3. The Morgan fingerprint density at radius 3 is 2.79 bits per heavy atom. The highest BCUT2D eigenvalue weighted by Gasteiger charge is 2.20. The van der Waals surface area contributed by atoms with Gasteiger partial charge in [0.15, 0.2) is 0 Å². The van der Waals surface area contributed by atoms with E-state index in [2.05, 4.69) is 67.7 Å². The third-order valence-corrected chi connectivity index (χ3v) is 5.25. The van der Waals surface area contributed by atoms with Gasteiger partial charge in [0.25, 0.3) is 0 Å². The molecule has 0 aromatic heterocycles. The predicted molar refractivity (Wildman–Crippen MR) is 104 cm³/mol. The fourth-order valence-corrected chi connectivity index (χ4v) is 4.01. The van der Waals surface area contributed by atoms with Gasteiger partial charge in [0.1, 0.15) is 0 Å². The van der Waals surface area contributed by atoms with Crippen molar-refractivity contribution in [2.75, 3.05) is 11.9 Å². The Hall–Kier alpha value is -2.28. The summed E-state index contributed by atoms with van der Waals surface area (Å²) in [5, 5.41) is 3.63. The summed E-state index contributed by atoms with van der Waals surface area (Å²) in [6.45, 7) is 5.49. The molecule has 0 atom stereocenters. The Morgan fingerprint density at radius 1 is 1.04 bits per heavy atom. The lowest BCUT2D eigenvalue weighted by Crippen LogP contribution is -2.15. The Bertz CT molecular complexity index is 839. The van der Waals surface area contributed by atoms with Crippen molar-refractivity contribution >= 4 is 11.3 Å². The molecule has 1 aliphatic heterocycles. The van der Waals surface area contributed by atoms with Gasteiger partial charge < -0.3 is 5.32 Å². The second kappa shape index (κ2) is 6.32. The van der Waals surface area contributed by atoms with Gasteiger partial charge >= 0.3 is 0 Å². The molecule has 0 bridgehead atoms. The molecule has 0 spiro atoms. The molecule has 4 rings (SSSR count). The minimum Gasteiger partial charge on any atom is -0.381 e. The van der Waals surface area contributed by atoms with Gasteiger partial charge in [-0.25, -0.2) is 0 Å². The first kappa shape index (κ1) is 15.3. The average molecular weight is 315 g/mol. The van der Waals surface area contributed by atoms with E-state index in [9.17, 15) is 0 Å². The molecular weight excluding hydrogens is 290 g/mol. The minimum atomic E-state index is 0.998. The first-order valence-corrected chi connectivity index (χ1v) is 9.13. The van der Waals surface area contributed by atoms with Crippen molar-refractivity contribution in [1.29, 1.82) is 0 Å². The van der Waals surface area contributed by atoms with E-state index in [4.69, 9.17) is 0 Å². The Morgan fingerprint density at radius 2 is 1.92 bits per heavy atom. The largest absolute Gasteiger partial charge is 0.381 e. The van der Waals surface area contributed by atoms with Gasteiger partial charge in [-0.2, -0.15) is 0 Å². The van der Waals surface area contributed by atoms with E-state index in [0.717, 1.165) is 13.0 Å². The third-order valence-electron chi connectivity index (χ3n) is 5.25. The minimum absolute atomic E-state index is 0.998. The standard InChI is InChI=1S/C23H25N/c1-3-8-17-9-4-6-11-19(17)21-14-22-20-12-7-5-10-18(20)15-24-23(22)13-16(21)2/h4,6-7,9,11-14,24H,3,5,8,10,15H2,1-2H3. The molecule has 2 aliphatic rings. The van der Waals surface area contributed by atoms with E-state index in [1.54, 1.807) is 5.57 Å². The van der Waals surface area contributed by atoms with Gasteiger partial charge in [0.2, 0.25) is 0 Å². The molecule has 1 heteroatoms. The van der Waals surface area contributed by atoms with Gasteiger partial charge in [-0.1, -0.05) is 49.8 Å². The number of hydrogen-bond acceptors (Lipinski definition) is 1. The second-order valence-electron chi connectivity index (χ2n) is 6.93. The summed E-state index contributed by atoms with van der Waals surface area (Å²) < 4.78 is 0. The van der Waals surface area contributed by atoms with Gasteiger partial charge in [0, 0.05) is 17.8 Å². The Labute approximate surface area is 145 Å². The predicted octanol–water partition coefficient (Wildman–Crippen LogP) is 6.14. The lowest BCUT2D eigenvalue weighted by molar-refractivity contribution is 0.923. The number of allylic oxidation sites excluding steroid dienone is 3. The average Bonchev–Trinajstić information content (AvgIpc) is 2.62. The van der Waals surface area contributed by atoms with Crippen LogP contribution in [0.3, 0.4) is 0 Å². The smallest absolute Gasteiger partial charge is 0.0425 e. The molecule has 2 aromatic rings. The van der Waals surface area contributed by atoms with Crippen LogP contribution in [0.4, 0.5) is 5.69 Å². The van der Waals surface area contributed by atoms with Crippen LogP contribution in [0, 0.1) is 6.92 Å². The number of hydrogen-bond donors (Lipinski definition) is 1. The van der Waals surface area contributed by atoms with Gasteiger partial charge in [-0.3, -0.25) is 0 Å². The van der Waals surface area contributed by atoms with Gasteiger partial charge in [-0.15, -0.1) is 0 Å². The van der Waals surface area contributed by atoms with Crippen molar-refractivity contribution in [3.8, 4) is 11.1 Å². The molecule has 0 unspecified atom stereocenters. The number of fused-ring (bicyclic) bond motifs is 2. The maximum Gasteiger partial charge on any atom is 0.0425 e. The molecule has 1 heterocycles. The molecule has 0 amide bonds. The SMILES string of the molecule is CCCc1ccccc1-c1cc2c(cc1C)NCC1=C2C=CCC1. The van der Waals surface area contributed by atoms with Gasteiger partial charge in [-0.05, 0) is 71.7 Å². The fourth-order valence-electron chi connectivity index (χ4n) is 4.01. The molecule has 1 aliphatic carbocycles. The molecule has 0 saturated carbocycles. The zero-order valence-electron chi connectivity index (χ0n) is 14.7. The van der Waals surface area contributed by atoms with E-state index in [1.807, 2.05) is 0 Å². The monoisotopic (exact) mass is 315 g/mol. The summed E-state index contributed by atoms with van der Waals surface area (Å²) in [4.78, 5) is 0. The van der Waals surface area contributed by atoms with Crippen LogP contribution in [0.5, 0.6) is 0 Å². The van der Waals surface area contributed by atoms with Gasteiger partial charge in [0.05, 0.1) is 0 Å². The van der Waals surface area contributed by atoms with Crippen LogP contribution in [0.2, 0.25) is 0 Å². The number of anilines is 1. The summed E-state index contributed by atoms with van der Waals surface area (Å²) in [6, 6.07) is 13.6. The second-order valence-corrected chi connectivity index (χ2v) is 6.93. The van der Waals surface area contributed by atoms with Crippen LogP contribution in [0.1, 0.15) is 42.9 Å². The topological polar surface area (TPSA) is 12.0 Å². The molecule has 1 nitrogen and oxygen atoms in total. The summed E-state index contributed by atoms with van der Waals surface area (Å²) in [5.41, 5.74) is 11.3. The summed E-state index contributed by atoms with van der Waals surface area (Å²) >= 11 is 0. The quantitative estimate of drug-likeness (QED) is 0.717. The van der Waals surface area contributed by atoms with Crippen LogP contribution in [-0.4, -0.2) is 6.54 Å². The Balaban J connectivity index is 1.88. The summed E-state index contributed by atoms with van der Waals surface area (Å²) in [5.74, 6) is 0. The van der Waals surface area contributed by atoms with Crippen LogP contribution >= 0.6 is 0 Å². The van der Waals surface area contributed by atoms with Crippen molar-refractivity contribution in [2.45, 2.75) is 39.5 Å². The number of nitrogens with one attached hydrogen (secondary N) is 1. The molecule has 2 aromatic carbocycles. The van der Waals surface area contributed by atoms with Crippen LogP contribution in [-0.2, 0) is 6.42 Å². The summed E-state index contributed by atoms with van der Waals surface area (Å²) in [7, 11) is 0.